The van der Waals surface area contributed by atoms with Crippen LogP contribution in [0.3, 0.4) is 0 Å². The Morgan fingerprint density at radius 1 is 0.962 bits per heavy atom. The van der Waals surface area contributed by atoms with Gasteiger partial charge in [-0.2, -0.15) is 5.10 Å². The molecule has 0 aliphatic heterocycles. The van der Waals surface area contributed by atoms with Gasteiger partial charge in [-0.1, -0.05) is 36.4 Å². The van der Waals surface area contributed by atoms with Crippen LogP contribution in [0.5, 0.6) is 11.5 Å². The zero-order valence-corrected chi connectivity index (χ0v) is 14.4. The summed E-state index contributed by atoms with van der Waals surface area (Å²) in [5, 5.41) is 4.20. The van der Waals surface area contributed by atoms with Crippen LogP contribution in [0, 0.1) is 5.82 Å². The van der Waals surface area contributed by atoms with Crippen LogP contribution in [0.1, 0.15) is 11.1 Å². The first-order valence-corrected chi connectivity index (χ1v) is 8.14. The van der Waals surface area contributed by atoms with E-state index in [1.165, 1.54) is 6.07 Å². The molecule has 0 heterocycles. The molecule has 3 aromatic carbocycles. The van der Waals surface area contributed by atoms with Gasteiger partial charge in [0.05, 0.1) is 19.0 Å². The molecule has 3 rings (SSSR count). The molecule has 0 saturated carbocycles. The summed E-state index contributed by atoms with van der Waals surface area (Å²) in [5.41, 5.74) is 5.20. The number of benzene rings is 3. The molecule has 0 aliphatic carbocycles. The van der Waals surface area contributed by atoms with Crippen molar-refractivity contribution in [2.24, 2.45) is 5.10 Å². The van der Waals surface area contributed by atoms with E-state index < -0.39 is 0 Å². The third kappa shape index (κ3) is 4.60. The molecule has 0 bridgehead atoms. The van der Waals surface area contributed by atoms with Gasteiger partial charge in [0, 0.05) is 5.56 Å². The Morgan fingerprint density at radius 3 is 2.50 bits per heavy atom. The molecule has 0 fully saturated rings. The normalized spacial score (nSPS) is 10.7. The maximum absolute atomic E-state index is 13.7. The van der Waals surface area contributed by atoms with Crippen LogP contribution in [-0.2, 0) is 6.61 Å². The lowest BCUT2D eigenvalue weighted by molar-refractivity contribution is 0.279. The van der Waals surface area contributed by atoms with Crippen molar-refractivity contribution in [1.29, 1.82) is 0 Å². The van der Waals surface area contributed by atoms with Crippen molar-refractivity contribution in [2.75, 3.05) is 12.5 Å². The third-order valence-electron chi connectivity index (χ3n) is 3.71. The number of rotatable bonds is 7. The fourth-order valence-electron chi connectivity index (χ4n) is 2.35. The Kier molecular flexibility index (Phi) is 5.83. The number of hydrogen-bond acceptors (Lipinski definition) is 4. The van der Waals surface area contributed by atoms with Crippen LogP contribution < -0.4 is 14.9 Å². The Labute approximate surface area is 151 Å². The fraction of sp³-hybridized carbons (Fsp3) is 0.0952. The molecule has 0 aromatic heterocycles. The largest absolute Gasteiger partial charge is 0.493 e. The molecular weight excluding hydrogens is 331 g/mol. The average molecular weight is 350 g/mol. The van der Waals surface area contributed by atoms with Crippen molar-refractivity contribution in [2.45, 2.75) is 6.61 Å². The minimum atomic E-state index is -0.290. The monoisotopic (exact) mass is 350 g/mol. The van der Waals surface area contributed by atoms with E-state index in [2.05, 4.69) is 10.5 Å². The van der Waals surface area contributed by atoms with Gasteiger partial charge in [-0.3, -0.25) is 5.43 Å². The summed E-state index contributed by atoms with van der Waals surface area (Å²) < 4.78 is 24.7. The summed E-state index contributed by atoms with van der Waals surface area (Å²) in [7, 11) is 1.56. The van der Waals surface area contributed by atoms with Crippen LogP contribution in [0.15, 0.2) is 77.9 Å². The molecule has 1 N–H and O–H groups in total. The van der Waals surface area contributed by atoms with E-state index in [-0.39, 0.29) is 12.4 Å². The third-order valence-corrected chi connectivity index (χ3v) is 3.71. The summed E-state index contributed by atoms with van der Waals surface area (Å²) in [4.78, 5) is 0. The summed E-state index contributed by atoms with van der Waals surface area (Å²) >= 11 is 0. The van der Waals surface area contributed by atoms with Gasteiger partial charge in [0.15, 0.2) is 11.5 Å². The molecule has 3 aromatic rings. The molecule has 0 spiro atoms. The number of para-hydroxylation sites is 1. The van der Waals surface area contributed by atoms with Crippen LogP contribution in [0.2, 0.25) is 0 Å². The fourth-order valence-corrected chi connectivity index (χ4v) is 2.35. The number of anilines is 1. The highest BCUT2D eigenvalue weighted by molar-refractivity contribution is 5.81. The number of ether oxygens (including phenoxy) is 2. The van der Waals surface area contributed by atoms with Crippen LogP contribution >= 0.6 is 0 Å². The van der Waals surface area contributed by atoms with Gasteiger partial charge in [-0.05, 0) is 42.0 Å². The van der Waals surface area contributed by atoms with E-state index >= 15 is 0 Å². The SMILES string of the molecule is COc1cc(C=NNc2ccccc2)ccc1OCc1ccccc1F. The summed E-state index contributed by atoms with van der Waals surface area (Å²) in [5.74, 6) is 0.816. The van der Waals surface area contributed by atoms with Crippen molar-refractivity contribution >= 4 is 11.9 Å². The van der Waals surface area contributed by atoms with E-state index in [1.807, 2.05) is 42.5 Å². The topological polar surface area (TPSA) is 42.8 Å². The molecule has 0 aliphatic rings. The van der Waals surface area contributed by atoms with Crippen molar-refractivity contribution in [3.05, 3.63) is 89.7 Å². The Bertz CT molecular complexity index is 882. The van der Waals surface area contributed by atoms with Crippen molar-refractivity contribution in [3.8, 4) is 11.5 Å². The summed E-state index contributed by atoms with van der Waals surface area (Å²) in [6.45, 7) is 0.131. The summed E-state index contributed by atoms with van der Waals surface area (Å²) in [6.07, 6.45) is 1.69. The molecule has 5 heteroatoms. The standard InChI is InChI=1S/C21H19FN2O2/c1-25-21-13-16(14-23-24-18-8-3-2-4-9-18)11-12-20(21)26-15-17-7-5-6-10-19(17)22/h2-14,24H,15H2,1H3. The number of halogens is 1. The van der Waals surface area contributed by atoms with Crippen LogP contribution in [0.4, 0.5) is 10.1 Å². The predicted octanol–water partition coefficient (Wildman–Crippen LogP) is 4.86. The second-order valence-electron chi connectivity index (χ2n) is 5.53. The Hall–Kier alpha value is -3.34. The maximum Gasteiger partial charge on any atom is 0.161 e. The van der Waals surface area contributed by atoms with Crippen molar-refractivity contribution in [3.63, 3.8) is 0 Å². The van der Waals surface area contributed by atoms with Gasteiger partial charge >= 0.3 is 0 Å². The van der Waals surface area contributed by atoms with Crippen LogP contribution in [-0.4, -0.2) is 13.3 Å². The van der Waals surface area contributed by atoms with Gasteiger partial charge in [0.25, 0.3) is 0 Å². The number of hydrogen-bond donors (Lipinski definition) is 1. The zero-order valence-electron chi connectivity index (χ0n) is 14.4. The molecular formula is C21H19FN2O2. The number of nitrogens with zero attached hydrogens (tertiary/aromatic N) is 1. The highest BCUT2D eigenvalue weighted by Crippen LogP contribution is 2.28. The molecule has 132 valence electrons. The van der Waals surface area contributed by atoms with E-state index in [0.717, 1.165) is 11.3 Å². The zero-order chi connectivity index (χ0) is 18.2. The molecule has 0 amide bonds. The van der Waals surface area contributed by atoms with E-state index in [0.29, 0.717) is 17.1 Å². The number of methoxy groups -OCH3 is 1. The van der Waals surface area contributed by atoms with Crippen molar-refractivity contribution in [1.82, 2.24) is 0 Å². The lowest BCUT2D eigenvalue weighted by Gasteiger charge is -2.11. The number of nitrogens with one attached hydrogen (secondary N) is 1. The maximum atomic E-state index is 13.7. The second kappa shape index (κ2) is 8.67. The average Bonchev–Trinajstić information content (AvgIpc) is 2.68. The van der Waals surface area contributed by atoms with E-state index in [9.17, 15) is 4.39 Å². The lowest BCUT2D eigenvalue weighted by atomic mass is 10.2. The van der Waals surface area contributed by atoms with Gasteiger partial charge in [-0.25, -0.2) is 4.39 Å². The minimum absolute atomic E-state index is 0.131. The smallest absolute Gasteiger partial charge is 0.161 e. The van der Waals surface area contributed by atoms with Gasteiger partial charge in [-0.15, -0.1) is 0 Å². The van der Waals surface area contributed by atoms with E-state index in [1.54, 1.807) is 37.6 Å². The Morgan fingerprint density at radius 2 is 1.73 bits per heavy atom. The van der Waals surface area contributed by atoms with Gasteiger partial charge in [0.1, 0.15) is 12.4 Å². The molecule has 4 nitrogen and oxygen atoms in total. The predicted molar refractivity (Wildman–Crippen MR) is 101 cm³/mol. The number of hydrazone groups is 1. The summed E-state index contributed by atoms with van der Waals surface area (Å²) in [6, 6.07) is 21.6. The first-order valence-electron chi connectivity index (χ1n) is 8.14. The van der Waals surface area contributed by atoms with E-state index in [4.69, 9.17) is 9.47 Å². The first-order chi connectivity index (χ1) is 12.8. The molecule has 0 unspecified atom stereocenters. The minimum Gasteiger partial charge on any atom is -0.493 e. The Balaban J connectivity index is 1.66. The van der Waals surface area contributed by atoms with Crippen molar-refractivity contribution < 1.29 is 13.9 Å². The van der Waals surface area contributed by atoms with Gasteiger partial charge < -0.3 is 9.47 Å². The van der Waals surface area contributed by atoms with Gasteiger partial charge in [0.2, 0.25) is 0 Å². The molecule has 0 saturated heterocycles. The van der Waals surface area contributed by atoms with Crippen LogP contribution in [0.25, 0.3) is 0 Å². The highest BCUT2D eigenvalue weighted by atomic mass is 19.1. The lowest BCUT2D eigenvalue weighted by Crippen LogP contribution is -2.00. The first kappa shape index (κ1) is 17.5. The highest BCUT2D eigenvalue weighted by Gasteiger charge is 2.07. The molecule has 0 radical (unpaired) electrons. The quantitative estimate of drug-likeness (QED) is 0.489. The molecule has 0 atom stereocenters. The second-order valence-corrected chi connectivity index (χ2v) is 5.53. The molecule has 26 heavy (non-hydrogen) atoms.